The Morgan fingerprint density at radius 3 is 2.59 bits per heavy atom. The average molecular weight is 503 g/mol. The van der Waals surface area contributed by atoms with Crippen molar-refractivity contribution in [3.8, 4) is 23.1 Å². The van der Waals surface area contributed by atoms with E-state index in [1.54, 1.807) is 24.4 Å². The van der Waals surface area contributed by atoms with Crippen molar-refractivity contribution in [2.45, 2.75) is 18.7 Å². The summed E-state index contributed by atoms with van der Waals surface area (Å²) in [6, 6.07) is 13.2. The number of hydrogen-bond acceptors (Lipinski definition) is 9. The van der Waals surface area contributed by atoms with Crippen molar-refractivity contribution in [2.24, 2.45) is 0 Å². The van der Waals surface area contributed by atoms with Crippen molar-refractivity contribution in [1.29, 1.82) is 5.26 Å². The number of hydrogen-bond donors (Lipinski definition) is 1. The summed E-state index contributed by atoms with van der Waals surface area (Å²) in [5.41, 5.74) is 2.84. The van der Waals surface area contributed by atoms with Crippen LogP contribution in [-0.4, -0.2) is 90.4 Å². The molecule has 0 unspecified atom stereocenters. The normalized spacial score (nSPS) is 20.9. The topological polar surface area (TPSA) is 93.4 Å². The second-order valence-corrected chi connectivity index (χ2v) is 9.63. The van der Waals surface area contributed by atoms with Crippen LogP contribution in [0, 0.1) is 11.3 Å². The number of likely N-dealkylation sites (N-methyl/N-ethyl adjacent to an activating group) is 1. The van der Waals surface area contributed by atoms with E-state index in [1.807, 2.05) is 30.3 Å². The molecule has 0 radical (unpaired) electrons. The van der Waals surface area contributed by atoms with Gasteiger partial charge in [-0.15, -0.1) is 0 Å². The first kappa shape index (κ1) is 24.9. The summed E-state index contributed by atoms with van der Waals surface area (Å²) in [7, 11) is 4.03. The zero-order chi connectivity index (χ0) is 25.8. The van der Waals surface area contributed by atoms with Gasteiger partial charge >= 0.3 is 0 Å². The van der Waals surface area contributed by atoms with Crippen LogP contribution in [0.1, 0.15) is 12.0 Å². The molecule has 2 atom stereocenters. The number of anilines is 3. The van der Waals surface area contributed by atoms with Gasteiger partial charge in [-0.1, -0.05) is 0 Å². The third-order valence-electron chi connectivity index (χ3n) is 6.87. The summed E-state index contributed by atoms with van der Waals surface area (Å²) < 4.78 is 20.3. The number of nitriles is 1. The number of benzene rings is 1. The summed E-state index contributed by atoms with van der Waals surface area (Å²) >= 11 is 0. The van der Waals surface area contributed by atoms with Gasteiger partial charge in [0.1, 0.15) is 29.9 Å². The average Bonchev–Trinajstić information content (AvgIpc) is 2.91. The molecule has 2 aliphatic heterocycles. The van der Waals surface area contributed by atoms with Crippen molar-refractivity contribution in [1.82, 2.24) is 24.8 Å². The number of rotatable bonds is 6. The highest BCUT2D eigenvalue weighted by Crippen LogP contribution is 2.29. The maximum atomic E-state index is 14.4. The number of ether oxygens (including phenoxy) is 1. The predicted octanol–water partition coefficient (Wildman–Crippen LogP) is 3.33. The quantitative estimate of drug-likeness (QED) is 0.545. The summed E-state index contributed by atoms with van der Waals surface area (Å²) in [5.74, 6) is 1.44. The van der Waals surface area contributed by atoms with E-state index in [0.29, 0.717) is 41.7 Å². The van der Waals surface area contributed by atoms with E-state index in [-0.39, 0.29) is 0 Å². The largest absolute Gasteiger partial charge is 0.486 e. The molecule has 2 fully saturated rings. The lowest BCUT2D eigenvalue weighted by molar-refractivity contribution is 0.0312. The van der Waals surface area contributed by atoms with Gasteiger partial charge in [-0.3, -0.25) is 0 Å². The van der Waals surface area contributed by atoms with Gasteiger partial charge in [0, 0.05) is 51.0 Å². The number of likely N-dealkylation sites (tertiary alicyclic amines) is 1. The van der Waals surface area contributed by atoms with Crippen LogP contribution in [-0.2, 0) is 0 Å². The van der Waals surface area contributed by atoms with E-state index in [0.717, 1.165) is 44.0 Å². The highest BCUT2D eigenvalue weighted by Gasteiger charge is 2.29. The molecule has 1 aromatic carbocycles. The Balaban J connectivity index is 1.27. The second kappa shape index (κ2) is 11.1. The Morgan fingerprint density at radius 1 is 1.03 bits per heavy atom. The minimum absolute atomic E-state index is 0.328. The van der Waals surface area contributed by atoms with Gasteiger partial charge in [0.2, 0.25) is 5.95 Å². The number of nitrogens with one attached hydrogen (secondary N) is 1. The maximum absolute atomic E-state index is 14.4. The van der Waals surface area contributed by atoms with Crippen molar-refractivity contribution in [2.75, 3.05) is 63.6 Å². The minimum atomic E-state index is -1.09. The molecule has 10 heteroatoms. The van der Waals surface area contributed by atoms with Crippen molar-refractivity contribution in [3.63, 3.8) is 0 Å². The Morgan fingerprint density at radius 2 is 1.86 bits per heavy atom. The Hall–Kier alpha value is -3.81. The predicted molar refractivity (Wildman–Crippen MR) is 141 cm³/mol. The van der Waals surface area contributed by atoms with Crippen LogP contribution in [0.15, 0.2) is 48.8 Å². The van der Waals surface area contributed by atoms with Crippen LogP contribution >= 0.6 is 0 Å². The van der Waals surface area contributed by atoms with Gasteiger partial charge < -0.3 is 24.8 Å². The van der Waals surface area contributed by atoms with Gasteiger partial charge in [0.15, 0.2) is 0 Å². The first-order chi connectivity index (χ1) is 18.0. The van der Waals surface area contributed by atoms with Gasteiger partial charge in [-0.05, 0) is 56.9 Å². The zero-order valence-electron chi connectivity index (χ0n) is 21.1. The number of aromatic nitrogens is 3. The summed E-state index contributed by atoms with van der Waals surface area (Å²) in [4.78, 5) is 20.0. The van der Waals surface area contributed by atoms with Crippen molar-refractivity contribution in [3.05, 3.63) is 54.4 Å². The van der Waals surface area contributed by atoms with E-state index < -0.39 is 12.3 Å². The van der Waals surface area contributed by atoms with Crippen molar-refractivity contribution < 1.29 is 9.13 Å². The minimum Gasteiger partial charge on any atom is -0.486 e. The molecule has 37 heavy (non-hydrogen) atoms. The molecule has 3 aromatic rings. The first-order valence-corrected chi connectivity index (χ1v) is 12.5. The van der Waals surface area contributed by atoms with E-state index in [4.69, 9.17) is 4.74 Å². The highest BCUT2D eigenvalue weighted by atomic mass is 19.1. The van der Waals surface area contributed by atoms with Crippen LogP contribution in [0.5, 0.6) is 5.75 Å². The van der Waals surface area contributed by atoms with E-state index in [9.17, 15) is 9.65 Å². The molecular formula is C27H31FN8O. The Kier molecular flexibility index (Phi) is 7.44. The van der Waals surface area contributed by atoms with Gasteiger partial charge in [0.05, 0.1) is 23.1 Å². The first-order valence-electron chi connectivity index (χ1n) is 12.5. The van der Waals surface area contributed by atoms with Crippen LogP contribution in [0.3, 0.4) is 0 Å². The molecule has 5 rings (SSSR count). The van der Waals surface area contributed by atoms with Crippen LogP contribution in [0.2, 0.25) is 0 Å². The van der Waals surface area contributed by atoms with Crippen LogP contribution in [0.4, 0.5) is 21.8 Å². The third-order valence-corrected chi connectivity index (χ3v) is 6.87. The molecule has 0 amide bonds. The van der Waals surface area contributed by atoms with E-state index in [1.165, 1.54) is 0 Å². The van der Waals surface area contributed by atoms with Gasteiger partial charge in [-0.2, -0.15) is 5.26 Å². The standard InChI is InChI=1S/C27H31FN8O/c1-34-11-13-36(14-12-34)21-4-6-26(31-17-21)33-27-30-9-7-23(32-27)19-3-5-24(20(15-19)16-29)37-25-8-10-35(2)18-22(25)28/h3-7,9,15,17,22,25H,8,10-14,18H2,1-2H3,(H,30,31,32,33)/t22-,25+/m1/s1. The van der Waals surface area contributed by atoms with Crippen molar-refractivity contribution >= 4 is 17.5 Å². The van der Waals surface area contributed by atoms with Crippen LogP contribution < -0.4 is 15.0 Å². The second-order valence-electron chi connectivity index (χ2n) is 9.63. The molecule has 1 N–H and O–H groups in total. The van der Waals surface area contributed by atoms with Gasteiger partial charge in [0.25, 0.3) is 0 Å². The molecule has 0 aliphatic carbocycles. The molecule has 192 valence electrons. The molecule has 0 saturated carbocycles. The van der Waals surface area contributed by atoms with E-state index >= 15 is 0 Å². The summed E-state index contributed by atoms with van der Waals surface area (Å²) in [6.07, 6.45) is 2.45. The molecule has 2 aromatic heterocycles. The molecular weight excluding hydrogens is 471 g/mol. The Labute approximate surface area is 216 Å². The highest BCUT2D eigenvalue weighted by molar-refractivity contribution is 5.65. The number of pyridine rings is 1. The summed E-state index contributed by atoms with van der Waals surface area (Å²) in [6.45, 7) is 5.13. The molecule has 9 nitrogen and oxygen atoms in total. The monoisotopic (exact) mass is 502 g/mol. The van der Waals surface area contributed by atoms with E-state index in [2.05, 4.69) is 49.3 Å². The fourth-order valence-corrected chi connectivity index (χ4v) is 4.62. The molecule has 2 aliphatic rings. The zero-order valence-corrected chi connectivity index (χ0v) is 21.1. The number of nitrogens with zero attached hydrogens (tertiary/aromatic N) is 7. The number of piperidine rings is 1. The maximum Gasteiger partial charge on any atom is 0.228 e. The number of alkyl halides is 1. The smallest absolute Gasteiger partial charge is 0.228 e. The molecule has 0 spiro atoms. The lowest BCUT2D eigenvalue weighted by Gasteiger charge is -2.33. The van der Waals surface area contributed by atoms with Crippen LogP contribution in [0.25, 0.3) is 11.3 Å². The van der Waals surface area contributed by atoms with Gasteiger partial charge in [-0.25, -0.2) is 19.3 Å². The fourth-order valence-electron chi connectivity index (χ4n) is 4.62. The molecule has 2 saturated heterocycles. The Bertz CT molecular complexity index is 1260. The number of halogens is 1. The lowest BCUT2D eigenvalue weighted by atomic mass is 10.0. The number of piperazine rings is 1. The summed E-state index contributed by atoms with van der Waals surface area (Å²) in [5, 5.41) is 12.9. The fraction of sp³-hybridized carbons (Fsp3) is 0.407. The molecule has 0 bridgehead atoms. The SMILES string of the molecule is CN1CCN(c2ccc(Nc3nccc(-c4ccc(O[C@H]5CCN(C)C[C@H]5F)c(C#N)c4)n3)nc2)CC1. The lowest BCUT2D eigenvalue weighted by Crippen LogP contribution is -2.45. The third kappa shape index (κ3) is 5.96. The molecule has 4 heterocycles.